The van der Waals surface area contributed by atoms with Gasteiger partial charge < -0.3 is 4.74 Å². The highest BCUT2D eigenvalue weighted by Crippen LogP contribution is 2.25. The molecule has 1 aliphatic carbocycles. The molecule has 0 aromatic heterocycles. The van der Waals surface area contributed by atoms with Crippen molar-refractivity contribution in [1.82, 2.24) is 0 Å². The van der Waals surface area contributed by atoms with Crippen molar-refractivity contribution in [2.45, 2.75) is 38.5 Å². The lowest BCUT2D eigenvalue weighted by molar-refractivity contribution is 0.0237. The second kappa shape index (κ2) is 2.66. The van der Waals surface area contributed by atoms with Gasteiger partial charge in [0.1, 0.15) is 0 Å². The fourth-order valence-corrected chi connectivity index (χ4v) is 0.452. The number of nitrogens with zero attached hydrogens (tertiary/aromatic N) is 2. The van der Waals surface area contributed by atoms with Gasteiger partial charge in [0.15, 0.2) is 5.72 Å². The Morgan fingerprint density at radius 1 is 1.40 bits per heavy atom. The predicted molar refractivity (Wildman–Crippen MR) is 39.0 cm³/mol. The molecular formula is C7H14N2O. The van der Waals surface area contributed by atoms with Gasteiger partial charge in [0.25, 0.3) is 0 Å². The van der Waals surface area contributed by atoms with Gasteiger partial charge in [-0.3, -0.25) is 0 Å². The van der Waals surface area contributed by atoms with Gasteiger partial charge in [-0.25, -0.2) is 0 Å². The third kappa shape index (κ3) is 2.43. The van der Waals surface area contributed by atoms with E-state index in [0.29, 0.717) is 6.04 Å². The van der Waals surface area contributed by atoms with Crippen molar-refractivity contribution in [3.63, 3.8) is 0 Å². The Morgan fingerprint density at radius 3 is 2.40 bits per heavy atom. The van der Waals surface area contributed by atoms with Gasteiger partial charge in [0.2, 0.25) is 0 Å². The number of hydrogen-bond donors (Lipinski definition) is 0. The first-order chi connectivity index (χ1) is 4.64. The van der Waals surface area contributed by atoms with E-state index in [9.17, 15) is 0 Å². The molecule has 10 heavy (non-hydrogen) atoms. The summed E-state index contributed by atoms with van der Waals surface area (Å²) in [6, 6.07) is 0.495. The quantitative estimate of drug-likeness (QED) is 0.555. The molecule has 3 nitrogen and oxygen atoms in total. The Hall–Kier alpha value is -0.440. The van der Waals surface area contributed by atoms with Gasteiger partial charge >= 0.3 is 0 Å². The Labute approximate surface area is 61.5 Å². The van der Waals surface area contributed by atoms with Gasteiger partial charge in [-0.2, -0.15) is 10.2 Å². The first kappa shape index (κ1) is 7.66. The van der Waals surface area contributed by atoms with Crippen LogP contribution in [0, 0.1) is 0 Å². The molecule has 1 aliphatic rings. The Morgan fingerprint density at radius 2 is 2.00 bits per heavy atom. The van der Waals surface area contributed by atoms with Gasteiger partial charge in [0, 0.05) is 7.11 Å². The van der Waals surface area contributed by atoms with Crippen LogP contribution < -0.4 is 0 Å². The van der Waals surface area contributed by atoms with Crippen LogP contribution in [0.5, 0.6) is 0 Å². The lowest BCUT2D eigenvalue weighted by Gasteiger charge is -2.14. The molecular weight excluding hydrogens is 128 g/mol. The van der Waals surface area contributed by atoms with Crippen molar-refractivity contribution in [1.29, 1.82) is 0 Å². The molecule has 0 radical (unpaired) electrons. The highest BCUT2D eigenvalue weighted by molar-refractivity contribution is 4.80. The lowest BCUT2D eigenvalue weighted by atomic mass is 10.3. The van der Waals surface area contributed by atoms with Crippen LogP contribution in [0.2, 0.25) is 0 Å². The maximum absolute atomic E-state index is 5.06. The topological polar surface area (TPSA) is 34.0 Å². The minimum absolute atomic E-state index is 0.428. The van der Waals surface area contributed by atoms with Crippen LogP contribution in [0.1, 0.15) is 26.7 Å². The zero-order valence-electron chi connectivity index (χ0n) is 6.79. The van der Waals surface area contributed by atoms with E-state index >= 15 is 0 Å². The highest BCUT2D eigenvalue weighted by atomic mass is 16.5. The normalized spacial score (nSPS) is 20.3. The van der Waals surface area contributed by atoms with Crippen molar-refractivity contribution in [3.8, 4) is 0 Å². The molecule has 1 saturated carbocycles. The van der Waals surface area contributed by atoms with E-state index in [1.807, 2.05) is 13.8 Å². The van der Waals surface area contributed by atoms with E-state index in [2.05, 4.69) is 10.2 Å². The van der Waals surface area contributed by atoms with E-state index in [4.69, 9.17) is 4.74 Å². The largest absolute Gasteiger partial charge is 0.356 e. The summed E-state index contributed by atoms with van der Waals surface area (Å²) in [5.41, 5.74) is -0.428. The summed E-state index contributed by atoms with van der Waals surface area (Å²) in [5, 5.41) is 8.12. The summed E-state index contributed by atoms with van der Waals surface area (Å²) in [6.45, 7) is 3.80. The Kier molecular flexibility index (Phi) is 2.04. The van der Waals surface area contributed by atoms with Crippen molar-refractivity contribution in [2.24, 2.45) is 10.2 Å². The SMILES string of the molecule is COC(C)(C)N=NC1CC1. The molecule has 1 fully saturated rings. The molecule has 0 heterocycles. The summed E-state index contributed by atoms with van der Waals surface area (Å²) < 4.78 is 5.06. The number of methoxy groups -OCH3 is 1. The minimum Gasteiger partial charge on any atom is -0.356 e. The van der Waals surface area contributed by atoms with E-state index in [1.165, 1.54) is 12.8 Å². The summed E-state index contributed by atoms with van der Waals surface area (Å²) in [4.78, 5) is 0. The zero-order chi connectivity index (χ0) is 7.61. The summed E-state index contributed by atoms with van der Waals surface area (Å²) in [5.74, 6) is 0. The molecule has 0 aliphatic heterocycles. The third-order valence-corrected chi connectivity index (χ3v) is 1.51. The average Bonchev–Trinajstić information content (AvgIpc) is 2.66. The minimum atomic E-state index is -0.428. The first-order valence-electron chi connectivity index (χ1n) is 3.61. The fraction of sp³-hybridized carbons (Fsp3) is 1.00. The lowest BCUT2D eigenvalue weighted by Crippen LogP contribution is -2.18. The molecule has 0 amide bonds. The summed E-state index contributed by atoms with van der Waals surface area (Å²) in [7, 11) is 1.64. The molecule has 0 spiro atoms. The van der Waals surface area contributed by atoms with Crippen LogP contribution in [-0.4, -0.2) is 18.9 Å². The molecule has 1 rings (SSSR count). The molecule has 58 valence electrons. The van der Waals surface area contributed by atoms with Crippen molar-refractivity contribution >= 4 is 0 Å². The molecule has 0 bridgehead atoms. The van der Waals surface area contributed by atoms with E-state index in [0.717, 1.165) is 0 Å². The number of ether oxygens (including phenoxy) is 1. The second-order valence-electron chi connectivity index (χ2n) is 3.10. The molecule has 0 N–H and O–H groups in total. The van der Waals surface area contributed by atoms with Crippen LogP contribution in [0.15, 0.2) is 10.2 Å². The Balaban J connectivity index is 2.32. The van der Waals surface area contributed by atoms with Crippen molar-refractivity contribution in [2.75, 3.05) is 7.11 Å². The van der Waals surface area contributed by atoms with Crippen molar-refractivity contribution in [3.05, 3.63) is 0 Å². The number of azo groups is 1. The summed E-state index contributed by atoms with van der Waals surface area (Å²) in [6.07, 6.45) is 2.40. The van der Waals surface area contributed by atoms with Crippen LogP contribution in [0.4, 0.5) is 0 Å². The molecule has 0 unspecified atom stereocenters. The maximum atomic E-state index is 5.06. The molecule has 3 heteroatoms. The van der Waals surface area contributed by atoms with Gasteiger partial charge in [0.05, 0.1) is 6.04 Å². The smallest absolute Gasteiger partial charge is 0.172 e. The van der Waals surface area contributed by atoms with Gasteiger partial charge in [-0.1, -0.05) is 0 Å². The molecule has 0 saturated heterocycles. The number of rotatable bonds is 3. The van der Waals surface area contributed by atoms with Gasteiger partial charge in [-0.05, 0) is 26.7 Å². The third-order valence-electron chi connectivity index (χ3n) is 1.51. The van der Waals surface area contributed by atoms with E-state index < -0.39 is 5.72 Å². The van der Waals surface area contributed by atoms with E-state index in [1.54, 1.807) is 7.11 Å². The highest BCUT2D eigenvalue weighted by Gasteiger charge is 2.22. The first-order valence-corrected chi connectivity index (χ1v) is 3.61. The van der Waals surface area contributed by atoms with Crippen LogP contribution in [0.3, 0.4) is 0 Å². The maximum Gasteiger partial charge on any atom is 0.172 e. The van der Waals surface area contributed by atoms with Crippen LogP contribution in [-0.2, 0) is 4.74 Å². The second-order valence-corrected chi connectivity index (χ2v) is 3.10. The van der Waals surface area contributed by atoms with Crippen molar-refractivity contribution < 1.29 is 4.74 Å². The monoisotopic (exact) mass is 142 g/mol. The van der Waals surface area contributed by atoms with E-state index in [-0.39, 0.29) is 0 Å². The number of hydrogen-bond acceptors (Lipinski definition) is 3. The summed E-state index contributed by atoms with van der Waals surface area (Å²) >= 11 is 0. The molecule has 0 atom stereocenters. The van der Waals surface area contributed by atoms with Gasteiger partial charge in [-0.15, -0.1) is 0 Å². The van der Waals surface area contributed by atoms with Crippen LogP contribution in [0.25, 0.3) is 0 Å². The Bertz CT molecular complexity index is 139. The zero-order valence-corrected chi connectivity index (χ0v) is 6.79. The van der Waals surface area contributed by atoms with Crippen LogP contribution >= 0.6 is 0 Å². The fourth-order valence-electron chi connectivity index (χ4n) is 0.452. The standard InChI is InChI=1S/C7H14N2O/c1-7(2,10-3)9-8-6-4-5-6/h6H,4-5H2,1-3H3. The average molecular weight is 142 g/mol. The predicted octanol–water partition coefficient (Wildman–Crippen LogP) is 1.98. The molecule has 0 aromatic carbocycles. The molecule has 0 aromatic rings.